The van der Waals surface area contributed by atoms with Crippen LogP contribution in [-0.4, -0.2) is 68.5 Å². The molecule has 0 aromatic heterocycles. The maximum Gasteiger partial charge on any atom is 0.255 e. The van der Waals surface area contributed by atoms with Crippen LogP contribution in [0.1, 0.15) is 22.3 Å². The highest BCUT2D eigenvalue weighted by molar-refractivity contribution is 6.24. The number of aliphatic hydroxyl groups is 3. The summed E-state index contributed by atoms with van der Waals surface area (Å²) < 4.78 is 0. The van der Waals surface area contributed by atoms with E-state index in [1.807, 2.05) is 0 Å². The van der Waals surface area contributed by atoms with Crippen molar-refractivity contribution in [2.75, 3.05) is 14.1 Å². The number of aliphatic hydroxyl groups excluding tert-OH is 2. The molecule has 10 heteroatoms. The molecule has 0 bridgehead atoms. The molecule has 166 valence electrons. The number of aromatic hydroxyl groups is 1. The van der Waals surface area contributed by atoms with E-state index in [1.165, 1.54) is 11.0 Å². The van der Waals surface area contributed by atoms with Crippen LogP contribution in [0.5, 0.6) is 5.75 Å². The second kappa shape index (κ2) is 7.37. The maximum absolute atomic E-state index is 13.1. The fourth-order valence-corrected chi connectivity index (χ4v) is 5.19. The summed E-state index contributed by atoms with van der Waals surface area (Å²) in [4.78, 5) is 39.6. The maximum atomic E-state index is 13.1. The van der Waals surface area contributed by atoms with Gasteiger partial charge in [0.05, 0.1) is 11.6 Å². The quantitative estimate of drug-likeness (QED) is 0.408. The van der Waals surface area contributed by atoms with Crippen LogP contribution < -0.4 is 5.73 Å². The van der Waals surface area contributed by atoms with Crippen LogP contribution in [0.25, 0.3) is 0 Å². The minimum atomic E-state index is -2.60. The fraction of sp³-hybridized carbons (Fsp3) is 0.381. The molecule has 1 aromatic carbocycles. The van der Waals surface area contributed by atoms with Gasteiger partial charge in [0.2, 0.25) is 5.78 Å². The molecule has 3 aliphatic rings. The third-order valence-electron chi connectivity index (χ3n) is 6.46. The monoisotopic (exact) mass is 450 g/mol. The molecule has 0 fully saturated rings. The van der Waals surface area contributed by atoms with E-state index in [0.717, 1.165) is 0 Å². The minimum absolute atomic E-state index is 0. The molecule has 4 rings (SSSR count). The van der Waals surface area contributed by atoms with Gasteiger partial charge < -0.3 is 26.2 Å². The Balaban J connectivity index is 0.00000272. The summed E-state index contributed by atoms with van der Waals surface area (Å²) in [5.74, 6) is -6.42. The number of primary amides is 1. The minimum Gasteiger partial charge on any atom is -0.510 e. The van der Waals surface area contributed by atoms with E-state index < -0.39 is 58.0 Å². The number of rotatable bonds is 2. The summed E-state index contributed by atoms with van der Waals surface area (Å²) in [6, 6.07) is 3.66. The Hall–Kier alpha value is -2.88. The lowest BCUT2D eigenvalue weighted by atomic mass is 9.58. The van der Waals surface area contributed by atoms with Crippen LogP contribution in [0.15, 0.2) is 40.9 Å². The fourth-order valence-electron chi connectivity index (χ4n) is 5.19. The summed E-state index contributed by atoms with van der Waals surface area (Å²) in [5.41, 5.74) is 2.31. The first-order chi connectivity index (χ1) is 14.0. The first kappa shape index (κ1) is 22.8. The smallest absolute Gasteiger partial charge is 0.255 e. The number of phenols is 1. The van der Waals surface area contributed by atoms with Crippen molar-refractivity contribution < 1.29 is 34.8 Å². The molecule has 1 aromatic rings. The lowest BCUT2D eigenvalue weighted by molar-refractivity contribution is -0.148. The van der Waals surface area contributed by atoms with E-state index in [2.05, 4.69) is 0 Å². The Morgan fingerprint density at radius 2 is 1.84 bits per heavy atom. The first-order valence-corrected chi connectivity index (χ1v) is 9.47. The Morgan fingerprint density at radius 1 is 1.19 bits per heavy atom. The average Bonchev–Trinajstić information content (AvgIpc) is 2.64. The third-order valence-corrected chi connectivity index (χ3v) is 6.46. The molecule has 1 amide bonds. The van der Waals surface area contributed by atoms with Crippen molar-refractivity contribution in [3.05, 3.63) is 52.0 Å². The second-order valence-corrected chi connectivity index (χ2v) is 8.27. The van der Waals surface area contributed by atoms with Crippen LogP contribution in [0.2, 0.25) is 0 Å². The van der Waals surface area contributed by atoms with Gasteiger partial charge in [-0.3, -0.25) is 19.3 Å². The van der Waals surface area contributed by atoms with E-state index in [1.54, 1.807) is 26.2 Å². The lowest BCUT2D eigenvalue weighted by Gasteiger charge is -2.50. The third kappa shape index (κ3) is 2.88. The first-order valence-electron chi connectivity index (χ1n) is 9.47. The second-order valence-electron chi connectivity index (χ2n) is 8.27. The number of fused-ring (bicyclic) bond motifs is 3. The number of hydrogen-bond acceptors (Lipinski definition) is 8. The predicted molar refractivity (Wildman–Crippen MR) is 111 cm³/mol. The van der Waals surface area contributed by atoms with Gasteiger partial charge in [-0.05, 0) is 44.5 Å². The van der Waals surface area contributed by atoms with E-state index in [-0.39, 0.29) is 35.7 Å². The van der Waals surface area contributed by atoms with E-state index in [0.29, 0.717) is 12.0 Å². The van der Waals surface area contributed by atoms with Gasteiger partial charge in [-0.2, -0.15) is 0 Å². The van der Waals surface area contributed by atoms with E-state index >= 15 is 0 Å². The Morgan fingerprint density at radius 3 is 2.42 bits per heavy atom. The van der Waals surface area contributed by atoms with Crippen LogP contribution in [0, 0.1) is 11.8 Å². The number of allylic oxidation sites excluding steroid dienone is 1. The van der Waals surface area contributed by atoms with Crippen molar-refractivity contribution in [2.45, 2.75) is 24.5 Å². The molecule has 4 atom stereocenters. The molecule has 0 heterocycles. The molecule has 31 heavy (non-hydrogen) atoms. The van der Waals surface area contributed by atoms with Gasteiger partial charge in [-0.25, -0.2) is 0 Å². The van der Waals surface area contributed by atoms with Gasteiger partial charge in [0.15, 0.2) is 11.4 Å². The largest absolute Gasteiger partial charge is 0.510 e. The number of carbonyl (C=O) groups excluding carboxylic acids is 3. The highest BCUT2D eigenvalue weighted by atomic mass is 35.5. The van der Waals surface area contributed by atoms with Crippen molar-refractivity contribution in [3.63, 3.8) is 0 Å². The van der Waals surface area contributed by atoms with Gasteiger partial charge in [0, 0.05) is 11.5 Å². The molecule has 9 nitrogen and oxygen atoms in total. The molecule has 0 unspecified atom stereocenters. The number of amides is 1. The molecule has 3 aliphatic carbocycles. The topological polar surface area (TPSA) is 161 Å². The number of likely N-dealkylation sites (N-methyl/N-ethyl adjacent to an activating group) is 1. The Bertz CT molecular complexity index is 1080. The van der Waals surface area contributed by atoms with E-state index in [9.17, 15) is 34.8 Å². The normalized spacial score (nSPS) is 29.9. The summed E-state index contributed by atoms with van der Waals surface area (Å²) in [6.07, 6.45) is 0.379. The lowest BCUT2D eigenvalue weighted by Crippen LogP contribution is -2.63. The summed E-state index contributed by atoms with van der Waals surface area (Å²) in [5, 5.41) is 43.2. The summed E-state index contributed by atoms with van der Waals surface area (Å²) in [7, 11) is 3.18. The van der Waals surface area contributed by atoms with Gasteiger partial charge in [0.1, 0.15) is 22.8 Å². The Labute approximate surface area is 183 Å². The number of phenolic OH excluding ortho intramolecular Hbond substituents is 1. The number of nitrogens with zero attached hydrogens (tertiary/aromatic N) is 1. The number of ketones is 2. The predicted octanol–water partition coefficient (Wildman–Crippen LogP) is 0.542. The standard InChI is InChI=1S/C21H22N2O7.ClH/c1-23(2)15-10-7-9-6-8-4-3-5-11(24)12(8)16(25)13(9)18(27)21(10,30)19(28)14(17(15)26)20(22)29;/h3-5,9-10,15,24,26-27,30H,6-7H2,1-2H3,(H2,22,29);1H/t9-,10-,15-,21-;/m0./s1. The van der Waals surface area contributed by atoms with Crippen molar-refractivity contribution in [2.24, 2.45) is 17.6 Å². The zero-order chi connectivity index (χ0) is 22.1. The average molecular weight is 451 g/mol. The van der Waals surface area contributed by atoms with Crippen LogP contribution in [-0.2, 0) is 16.0 Å². The van der Waals surface area contributed by atoms with Crippen molar-refractivity contribution in [1.82, 2.24) is 4.90 Å². The SMILES string of the molecule is CN(C)[C@@H]1C(O)=C(C(N)=O)C(=O)[C@@]2(O)C(O)=C3C(=O)c4c(O)cccc4C[C@H]3C[C@@H]12.Cl. The van der Waals surface area contributed by atoms with Gasteiger partial charge in [-0.15, -0.1) is 12.4 Å². The van der Waals surface area contributed by atoms with Gasteiger partial charge in [0.25, 0.3) is 5.91 Å². The number of nitrogens with two attached hydrogens (primary N) is 1. The summed E-state index contributed by atoms with van der Waals surface area (Å²) >= 11 is 0. The van der Waals surface area contributed by atoms with Crippen molar-refractivity contribution in [3.8, 4) is 5.75 Å². The highest BCUT2D eigenvalue weighted by Gasteiger charge is 2.63. The number of carbonyl (C=O) groups is 3. The number of halogens is 1. The number of Topliss-reactive ketones (excluding diaryl/α,β-unsaturated/α-hetero) is 2. The van der Waals surface area contributed by atoms with Gasteiger partial charge in [-0.1, -0.05) is 12.1 Å². The Kier molecular flexibility index (Phi) is 5.42. The van der Waals surface area contributed by atoms with Crippen LogP contribution >= 0.6 is 12.4 Å². The van der Waals surface area contributed by atoms with Crippen molar-refractivity contribution in [1.29, 1.82) is 0 Å². The number of benzene rings is 1. The molecule has 0 saturated heterocycles. The molecular formula is C21H23ClN2O7. The van der Waals surface area contributed by atoms with E-state index in [4.69, 9.17) is 5.73 Å². The highest BCUT2D eigenvalue weighted by Crippen LogP contribution is 2.52. The zero-order valence-electron chi connectivity index (χ0n) is 16.8. The zero-order valence-corrected chi connectivity index (χ0v) is 17.6. The van der Waals surface area contributed by atoms with Gasteiger partial charge >= 0.3 is 0 Å². The molecular weight excluding hydrogens is 428 g/mol. The van der Waals surface area contributed by atoms with Crippen LogP contribution in [0.3, 0.4) is 0 Å². The summed E-state index contributed by atoms with van der Waals surface area (Å²) in [6.45, 7) is 0. The molecule has 6 N–H and O–H groups in total. The molecule has 0 saturated carbocycles. The molecule has 0 spiro atoms. The van der Waals surface area contributed by atoms with Crippen molar-refractivity contribution >= 4 is 29.9 Å². The number of hydrogen-bond donors (Lipinski definition) is 5. The van der Waals surface area contributed by atoms with Crippen LogP contribution in [0.4, 0.5) is 0 Å². The molecule has 0 aliphatic heterocycles. The molecule has 0 radical (unpaired) electrons.